The number of methoxy groups -OCH3 is 1. The Labute approximate surface area is 169 Å². The summed E-state index contributed by atoms with van der Waals surface area (Å²) >= 11 is 0. The van der Waals surface area contributed by atoms with Crippen molar-refractivity contribution in [3.63, 3.8) is 0 Å². The maximum Gasteiger partial charge on any atom is 0.251 e. The normalized spacial score (nSPS) is 15.7. The standard InChI is InChI=1S/C23H24FN3O2/c1-14-6-4-8-20(15(14)2)27-21-9-5-7-19(17(21)13-25-27)26-23(28)16-10-11-22(29-3)18(24)12-16/h4,6,8,10-13,19H,5,7,9H2,1-3H3,(H,26,28). The number of ether oxygens (including phenoxy) is 1. The topological polar surface area (TPSA) is 56.1 Å². The van der Waals surface area contributed by atoms with Gasteiger partial charge in [-0.1, -0.05) is 12.1 Å². The third kappa shape index (κ3) is 3.50. The van der Waals surface area contributed by atoms with Gasteiger partial charge in [-0.15, -0.1) is 0 Å². The SMILES string of the molecule is COc1ccc(C(=O)NC2CCCc3c2cnn3-c2cccc(C)c2C)cc1F. The predicted molar refractivity (Wildman–Crippen MR) is 109 cm³/mol. The molecule has 5 nitrogen and oxygen atoms in total. The number of aromatic nitrogens is 2. The summed E-state index contributed by atoms with van der Waals surface area (Å²) in [6.07, 6.45) is 4.53. The molecule has 0 radical (unpaired) electrons. The van der Waals surface area contributed by atoms with Crippen LogP contribution in [0.2, 0.25) is 0 Å². The highest BCUT2D eigenvalue weighted by Crippen LogP contribution is 2.32. The molecule has 0 aliphatic heterocycles. The fraction of sp³-hybridized carbons (Fsp3) is 0.304. The first-order chi connectivity index (χ1) is 14.0. The molecular formula is C23H24FN3O2. The highest BCUT2D eigenvalue weighted by atomic mass is 19.1. The van der Waals surface area contributed by atoms with Crippen molar-refractivity contribution in [2.24, 2.45) is 0 Å². The molecule has 1 atom stereocenters. The van der Waals surface area contributed by atoms with Gasteiger partial charge >= 0.3 is 0 Å². The average Bonchev–Trinajstić information content (AvgIpc) is 3.15. The second kappa shape index (κ2) is 7.70. The first-order valence-electron chi connectivity index (χ1n) is 9.77. The number of nitrogens with one attached hydrogen (secondary N) is 1. The molecule has 29 heavy (non-hydrogen) atoms. The van der Waals surface area contributed by atoms with Gasteiger partial charge < -0.3 is 10.1 Å². The van der Waals surface area contributed by atoms with Gasteiger partial charge in [-0.25, -0.2) is 9.07 Å². The van der Waals surface area contributed by atoms with Crippen LogP contribution in [0, 0.1) is 19.7 Å². The zero-order valence-electron chi connectivity index (χ0n) is 16.8. The van der Waals surface area contributed by atoms with Crippen LogP contribution in [0.15, 0.2) is 42.6 Å². The van der Waals surface area contributed by atoms with E-state index >= 15 is 0 Å². The van der Waals surface area contributed by atoms with Crippen LogP contribution in [0.1, 0.15) is 51.6 Å². The monoisotopic (exact) mass is 393 g/mol. The summed E-state index contributed by atoms with van der Waals surface area (Å²) < 4.78 is 20.9. The molecule has 0 spiro atoms. The van der Waals surface area contributed by atoms with Crippen LogP contribution in [0.4, 0.5) is 4.39 Å². The molecule has 3 aromatic rings. The molecule has 0 fully saturated rings. The Morgan fingerprint density at radius 3 is 2.86 bits per heavy atom. The highest BCUT2D eigenvalue weighted by Gasteiger charge is 2.27. The fourth-order valence-electron chi connectivity index (χ4n) is 3.93. The maximum absolute atomic E-state index is 14.0. The van der Waals surface area contributed by atoms with Crippen molar-refractivity contribution >= 4 is 5.91 Å². The number of carbonyl (C=O) groups excluding carboxylic acids is 1. The zero-order chi connectivity index (χ0) is 20.5. The number of amides is 1. The number of fused-ring (bicyclic) bond motifs is 1. The largest absolute Gasteiger partial charge is 0.494 e. The number of carbonyl (C=O) groups is 1. The average molecular weight is 393 g/mol. The lowest BCUT2D eigenvalue weighted by atomic mass is 9.92. The second-order valence-corrected chi connectivity index (χ2v) is 7.45. The Bertz CT molecular complexity index is 1070. The molecule has 6 heteroatoms. The lowest BCUT2D eigenvalue weighted by Crippen LogP contribution is -2.31. The summed E-state index contributed by atoms with van der Waals surface area (Å²) in [5.41, 5.74) is 5.90. The van der Waals surface area contributed by atoms with E-state index in [0.717, 1.165) is 36.2 Å². The van der Waals surface area contributed by atoms with E-state index in [9.17, 15) is 9.18 Å². The Hall–Kier alpha value is -3.15. The van der Waals surface area contributed by atoms with Gasteiger partial charge in [0, 0.05) is 16.8 Å². The Kier molecular flexibility index (Phi) is 5.09. The Balaban J connectivity index is 1.61. The van der Waals surface area contributed by atoms with Gasteiger partial charge in [-0.3, -0.25) is 4.79 Å². The van der Waals surface area contributed by atoms with Crippen molar-refractivity contribution in [2.45, 2.75) is 39.2 Å². The Morgan fingerprint density at radius 1 is 1.28 bits per heavy atom. The summed E-state index contributed by atoms with van der Waals surface area (Å²) in [5, 5.41) is 7.67. The van der Waals surface area contributed by atoms with E-state index in [1.54, 1.807) is 6.07 Å². The molecular weight excluding hydrogens is 369 g/mol. The van der Waals surface area contributed by atoms with Crippen molar-refractivity contribution in [2.75, 3.05) is 7.11 Å². The van der Waals surface area contributed by atoms with E-state index in [4.69, 9.17) is 4.74 Å². The van der Waals surface area contributed by atoms with Gasteiger partial charge in [0.1, 0.15) is 0 Å². The van der Waals surface area contributed by atoms with Crippen molar-refractivity contribution in [3.8, 4) is 11.4 Å². The van der Waals surface area contributed by atoms with Crippen molar-refractivity contribution in [1.29, 1.82) is 0 Å². The number of hydrogen-bond acceptors (Lipinski definition) is 3. The van der Waals surface area contributed by atoms with Crippen LogP contribution >= 0.6 is 0 Å². The van der Waals surface area contributed by atoms with Crippen LogP contribution < -0.4 is 10.1 Å². The quantitative estimate of drug-likeness (QED) is 0.713. The minimum absolute atomic E-state index is 0.122. The first kappa shape index (κ1) is 19.2. The second-order valence-electron chi connectivity index (χ2n) is 7.45. The summed E-state index contributed by atoms with van der Waals surface area (Å²) in [6.45, 7) is 4.19. The number of aryl methyl sites for hydroxylation is 1. The number of halogens is 1. The lowest BCUT2D eigenvalue weighted by molar-refractivity contribution is 0.0932. The van der Waals surface area contributed by atoms with E-state index in [1.165, 1.54) is 30.4 Å². The lowest BCUT2D eigenvalue weighted by Gasteiger charge is -2.24. The summed E-state index contributed by atoms with van der Waals surface area (Å²) in [7, 11) is 1.40. The third-order valence-electron chi connectivity index (χ3n) is 5.71. The minimum atomic E-state index is -0.549. The summed E-state index contributed by atoms with van der Waals surface area (Å²) in [5.74, 6) is -0.729. The molecule has 1 N–H and O–H groups in total. The molecule has 0 bridgehead atoms. The van der Waals surface area contributed by atoms with Crippen LogP contribution in [0.25, 0.3) is 5.69 Å². The number of nitrogens with zero attached hydrogens (tertiary/aromatic N) is 2. The zero-order valence-corrected chi connectivity index (χ0v) is 16.8. The van der Waals surface area contributed by atoms with Crippen molar-refractivity contribution in [3.05, 3.63) is 76.4 Å². The molecule has 2 aromatic carbocycles. The maximum atomic E-state index is 14.0. The molecule has 1 aliphatic carbocycles. The van der Waals surface area contributed by atoms with Crippen molar-refractivity contribution in [1.82, 2.24) is 15.1 Å². The van der Waals surface area contributed by atoms with Gasteiger partial charge in [0.05, 0.1) is 25.0 Å². The summed E-state index contributed by atoms with van der Waals surface area (Å²) in [4.78, 5) is 12.7. The highest BCUT2D eigenvalue weighted by molar-refractivity contribution is 5.94. The van der Waals surface area contributed by atoms with Crippen molar-refractivity contribution < 1.29 is 13.9 Å². The third-order valence-corrected chi connectivity index (χ3v) is 5.71. The molecule has 1 aliphatic rings. The molecule has 1 heterocycles. The Morgan fingerprint density at radius 2 is 2.10 bits per heavy atom. The minimum Gasteiger partial charge on any atom is -0.494 e. The molecule has 1 aromatic heterocycles. The van der Waals surface area contributed by atoms with E-state index in [0.29, 0.717) is 0 Å². The van der Waals surface area contributed by atoms with Gasteiger partial charge in [0.15, 0.2) is 11.6 Å². The van der Waals surface area contributed by atoms with Gasteiger partial charge in [0.25, 0.3) is 5.91 Å². The van der Waals surface area contributed by atoms with E-state index < -0.39 is 5.82 Å². The molecule has 0 saturated carbocycles. The van der Waals surface area contributed by atoms with Crippen LogP contribution in [-0.2, 0) is 6.42 Å². The molecule has 4 rings (SSSR count). The molecule has 1 amide bonds. The molecule has 0 saturated heterocycles. The van der Waals surface area contributed by atoms with Gasteiger partial charge in [-0.05, 0) is 68.5 Å². The number of benzene rings is 2. The summed E-state index contributed by atoms with van der Waals surface area (Å²) in [6, 6.07) is 10.3. The van der Waals surface area contributed by atoms with Crippen LogP contribution in [0.3, 0.4) is 0 Å². The molecule has 150 valence electrons. The fourth-order valence-corrected chi connectivity index (χ4v) is 3.93. The van der Waals surface area contributed by atoms with E-state index in [2.05, 4.69) is 36.4 Å². The van der Waals surface area contributed by atoms with E-state index in [1.807, 2.05) is 16.9 Å². The van der Waals surface area contributed by atoms with Crippen LogP contribution in [0.5, 0.6) is 5.75 Å². The van der Waals surface area contributed by atoms with Gasteiger partial charge in [-0.2, -0.15) is 5.10 Å². The smallest absolute Gasteiger partial charge is 0.251 e. The first-order valence-corrected chi connectivity index (χ1v) is 9.77. The molecule has 1 unspecified atom stereocenters. The van der Waals surface area contributed by atoms with Crippen LogP contribution in [-0.4, -0.2) is 22.8 Å². The predicted octanol–water partition coefficient (Wildman–Crippen LogP) is 4.44. The number of rotatable bonds is 4. The van der Waals surface area contributed by atoms with Gasteiger partial charge in [0.2, 0.25) is 0 Å². The van der Waals surface area contributed by atoms with E-state index in [-0.39, 0.29) is 23.3 Å². The number of hydrogen-bond donors (Lipinski definition) is 1.